The van der Waals surface area contributed by atoms with Gasteiger partial charge in [-0.15, -0.1) is 0 Å². The highest BCUT2D eigenvalue weighted by molar-refractivity contribution is 6.02. The molecule has 0 aliphatic heterocycles. The lowest BCUT2D eigenvalue weighted by Crippen LogP contribution is -2.28. The van der Waals surface area contributed by atoms with Crippen molar-refractivity contribution in [3.8, 4) is 55.6 Å². The largest absolute Gasteiger partial charge is 0.310 e. The van der Waals surface area contributed by atoms with Crippen LogP contribution in [0, 0.1) is 0 Å². The van der Waals surface area contributed by atoms with Crippen LogP contribution in [0.1, 0.15) is 47.2 Å². The van der Waals surface area contributed by atoms with E-state index in [9.17, 15) is 0 Å². The molecule has 0 heterocycles. The average molecular weight is 830 g/mol. The smallest absolute Gasteiger partial charge is 0.0713 e. The summed E-state index contributed by atoms with van der Waals surface area (Å²) in [6, 6.07) is 92.1. The number of fused-ring (bicyclic) bond motifs is 6. The van der Waals surface area contributed by atoms with Gasteiger partial charge in [-0.1, -0.05) is 232 Å². The predicted molar refractivity (Wildman–Crippen MR) is 272 cm³/mol. The molecule has 0 radical (unpaired) electrons. The molecule has 0 N–H and O–H groups in total. The lowest BCUT2D eigenvalue weighted by Gasteiger charge is -2.34. The van der Waals surface area contributed by atoms with Crippen LogP contribution in [0.25, 0.3) is 55.6 Å². The van der Waals surface area contributed by atoms with E-state index in [1.807, 2.05) is 0 Å². The van der Waals surface area contributed by atoms with Crippen molar-refractivity contribution in [2.45, 2.75) is 24.7 Å². The van der Waals surface area contributed by atoms with Crippen LogP contribution in [0.15, 0.2) is 249 Å². The average Bonchev–Trinajstić information content (AvgIpc) is 3.80. The Labute approximate surface area is 382 Å². The molecule has 0 saturated heterocycles. The van der Waals surface area contributed by atoms with E-state index < -0.39 is 5.41 Å². The van der Waals surface area contributed by atoms with Crippen LogP contribution in [-0.2, 0) is 10.8 Å². The van der Waals surface area contributed by atoms with Gasteiger partial charge in [0.05, 0.1) is 11.1 Å². The standard InChI is InChI=1S/C64H47N/c1-63(2)57-35-19-17-31-52(57)54-40-38-49(43-60(54)63)65(61-37-21-34-51(45-24-9-4-10-25-45)62(61)55-33-16-15-30-50(55)44-22-7-3-8-23-44)48-39-41-59-56(42-48)53-32-18-20-36-58(53)64(59,46-26-11-5-12-27-46)47-28-13-6-14-29-47/h3-43H,1-2H3. The first-order valence-electron chi connectivity index (χ1n) is 22.8. The van der Waals surface area contributed by atoms with E-state index in [1.165, 1.54) is 89.0 Å². The second-order valence-electron chi connectivity index (χ2n) is 18.0. The molecule has 0 aromatic heterocycles. The zero-order valence-electron chi connectivity index (χ0n) is 36.6. The monoisotopic (exact) mass is 829 g/mol. The third-order valence-corrected chi connectivity index (χ3v) is 14.2. The molecule has 10 aromatic rings. The van der Waals surface area contributed by atoms with Gasteiger partial charge in [-0.25, -0.2) is 0 Å². The molecule has 0 saturated carbocycles. The molecular formula is C64H47N. The van der Waals surface area contributed by atoms with Gasteiger partial charge in [-0.2, -0.15) is 0 Å². The molecule has 0 unspecified atom stereocenters. The summed E-state index contributed by atoms with van der Waals surface area (Å²) in [5.74, 6) is 0. The number of rotatable bonds is 8. The molecule has 0 fully saturated rings. The van der Waals surface area contributed by atoms with E-state index in [1.54, 1.807) is 0 Å². The van der Waals surface area contributed by atoms with Crippen molar-refractivity contribution >= 4 is 17.1 Å². The summed E-state index contributed by atoms with van der Waals surface area (Å²) in [5.41, 5.74) is 22.7. The minimum atomic E-state index is -0.492. The highest BCUT2D eigenvalue weighted by Crippen LogP contribution is 2.58. The number of nitrogens with zero attached hydrogens (tertiary/aromatic N) is 1. The molecule has 0 amide bonds. The van der Waals surface area contributed by atoms with Crippen LogP contribution in [0.3, 0.4) is 0 Å². The molecule has 2 aliphatic carbocycles. The number of anilines is 3. The van der Waals surface area contributed by atoms with Crippen molar-refractivity contribution < 1.29 is 0 Å². The van der Waals surface area contributed by atoms with E-state index in [2.05, 4.69) is 267 Å². The van der Waals surface area contributed by atoms with Crippen LogP contribution in [-0.4, -0.2) is 0 Å². The van der Waals surface area contributed by atoms with Gasteiger partial charge in [-0.05, 0) is 114 Å². The van der Waals surface area contributed by atoms with Gasteiger partial charge in [0, 0.05) is 22.4 Å². The van der Waals surface area contributed by atoms with E-state index >= 15 is 0 Å². The molecule has 65 heavy (non-hydrogen) atoms. The van der Waals surface area contributed by atoms with Crippen molar-refractivity contribution in [1.82, 2.24) is 0 Å². The van der Waals surface area contributed by atoms with Crippen molar-refractivity contribution in [2.24, 2.45) is 0 Å². The molecule has 0 bridgehead atoms. The molecule has 0 atom stereocenters. The van der Waals surface area contributed by atoms with Gasteiger partial charge in [0.1, 0.15) is 0 Å². The van der Waals surface area contributed by atoms with Crippen molar-refractivity contribution in [1.29, 1.82) is 0 Å². The Hall–Kier alpha value is -8.00. The number of hydrogen-bond donors (Lipinski definition) is 0. The molecule has 0 spiro atoms. The van der Waals surface area contributed by atoms with E-state index in [4.69, 9.17) is 0 Å². The van der Waals surface area contributed by atoms with E-state index in [-0.39, 0.29) is 5.41 Å². The van der Waals surface area contributed by atoms with Crippen LogP contribution in [0.2, 0.25) is 0 Å². The lowest BCUT2D eigenvalue weighted by atomic mass is 9.68. The van der Waals surface area contributed by atoms with Crippen LogP contribution >= 0.6 is 0 Å². The minimum Gasteiger partial charge on any atom is -0.310 e. The van der Waals surface area contributed by atoms with Gasteiger partial charge in [0.15, 0.2) is 0 Å². The highest BCUT2D eigenvalue weighted by atomic mass is 15.1. The first-order chi connectivity index (χ1) is 32.0. The Morgan fingerprint density at radius 2 is 0.738 bits per heavy atom. The summed E-state index contributed by atoms with van der Waals surface area (Å²) >= 11 is 0. The van der Waals surface area contributed by atoms with Crippen LogP contribution in [0.4, 0.5) is 17.1 Å². The van der Waals surface area contributed by atoms with Gasteiger partial charge >= 0.3 is 0 Å². The molecule has 2 aliphatic rings. The van der Waals surface area contributed by atoms with Crippen molar-refractivity contribution in [2.75, 3.05) is 4.90 Å². The second kappa shape index (κ2) is 15.4. The summed E-state index contributed by atoms with van der Waals surface area (Å²) in [6.07, 6.45) is 0. The third-order valence-electron chi connectivity index (χ3n) is 14.2. The first-order valence-corrected chi connectivity index (χ1v) is 22.8. The van der Waals surface area contributed by atoms with Gasteiger partial charge in [0.2, 0.25) is 0 Å². The topological polar surface area (TPSA) is 3.24 Å². The third kappa shape index (κ3) is 6.00. The lowest BCUT2D eigenvalue weighted by molar-refractivity contribution is 0.660. The predicted octanol–water partition coefficient (Wildman–Crippen LogP) is 16.8. The fourth-order valence-electron chi connectivity index (χ4n) is 11.3. The maximum absolute atomic E-state index is 2.54. The maximum Gasteiger partial charge on any atom is 0.0713 e. The fraction of sp³-hybridized carbons (Fsp3) is 0.0625. The molecule has 1 heteroatoms. The summed E-state index contributed by atoms with van der Waals surface area (Å²) in [7, 11) is 0. The van der Waals surface area contributed by atoms with E-state index in [0.717, 1.165) is 17.1 Å². The van der Waals surface area contributed by atoms with Crippen molar-refractivity contribution in [3.05, 3.63) is 282 Å². The Morgan fingerprint density at radius 3 is 1.38 bits per heavy atom. The Kier molecular flexibility index (Phi) is 9.14. The Balaban J connectivity index is 1.16. The normalized spacial score (nSPS) is 13.6. The van der Waals surface area contributed by atoms with Crippen LogP contribution in [0.5, 0.6) is 0 Å². The van der Waals surface area contributed by atoms with E-state index in [0.29, 0.717) is 0 Å². The zero-order valence-corrected chi connectivity index (χ0v) is 36.6. The summed E-state index contributed by atoms with van der Waals surface area (Å²) in [4.78, 5) is 2.54. The summed E-state index contributed by atoms with van der Waals surface area (Å²) in [5, 5.41) is 0. The summed E-state index contributed by atoms with van der Waals surface area (Å²) < 4.78 is 0. The second-order valence-corrected chi connectivity index (χ2v) is 18.0. The Bertz CT molecular complexity index is 3350. The molecule has 10 aromatic carbocycles. The first kappa shape index (κ1) is 38.7. The van der Waals surface area contributed by atoms with Gasteiger partial charge < -0.3 is 4.90 Å². The highest BCUT2D eigenvalue weighted by Gasteiger charge is 2.46. The zero-order chi connectivity index (χ0) is 43.5. The number of hydrogen-bond acceptors (Lipinski definition) is 1. The molecule has 308 valence electrons. The maximum atomic E-state index is 2.54. The summed E-state index contributed by atoms with van der Waals surface area (Å²) in [6.45, 7) is 4.75. The number of benzene rings is 10. The van der Waals surface area contributed by atoms with Crippen LogP contribution < -0.4 is 4.90 Å². The Morgan fingerprint density at radius 1 is 0.292 bits per heavy atom. The van der Waals surface area contributed by atoms with Gasteiger partial charge in [-0.3, -0.25) is 0 Å². The SMILES string of the molecule is CC1(C)c2ccccc2-c2ccc(N(c3ccc4c(c3)-c3ccccc3C4(c3ccccc3)c3ccccc3)c3cccc(-c4ccccc4)c3-c3ccccc3-c3ccccc3)cc21. The molecule has 12 rings (SSSR count). The van der Waals surface area contributed by atoms with Gasteiger partial charge in [0.25, 0.3) is 0 Å². The van der Waals surface area contributed by atoms with Crippen molar-refractivity contribution in [3.63, 3.8) is 0 Å². The minimum absolute atomic E-state index is 0.177. The molecular weight excluding hydrogens is 783 g/mol. The molecule has 1 nitrogen and oxygen atoms in total. The fourth-order valence-corrected chi connectivity index (χ4v) is 11.3. The quantitative estimate of drug-likeness (QED) is 0.147.